The minimum atomic E-state index is -4.71. The number of H-pyrrole nitrogens is 1. The van der Waals surface area contributed by atoms with Crippen molar-refractivity contribution in [3.05, 3.63) is 125 Å². The summed E-state index contributed by atoms with van der Waals surface area (Å²) in [6, 6.07) is 18.4. The fraction of sp³-hybridized carbons (Fsp3) is 0.475. The second-order valence-corrected chi connectivity index (χ2v) is 21.9. The number of aromatic amines is 1. The summed E-state index contributed by atoms with van der Waals surface area (Å²) in [6.45, 7) is 22.9. The number of anilines is 4. The first kappa shape index (κ1) is 57.8. The van der Waals surface area contributed by atoms with E-state index in [0.29, 0.717) is 36.4 Å². The largest absolute Gasteiger partial charge is 0.489 e. The summed E-state index contributed by atoms with van der Waals surface area (Å²) in [5.74, 6) is 0.140. The highest BCUT2D eigenvalue weighted by Gasteiger charge is 2.43. The van der Waals surface area contributed by atoms with E-state index < -0.39 is 41.2 Å². The van der Waals surface area contributed by atoms with E-state index in [9.17, 15) is 32.7 Å². The zero-order valence-electron chi connectivity index (χ0n) is 46.0. The van der Waals surface area contributed by atoms with Gasteiger partial charge in [0, 0.05) is 61.7 Å². The lowest BCUT2D eigenvalue weighted by atomic mass is 9.85. The van der Waals surface area contributed by atoms with Crippen LogP contribution in [-0.4, -0.2) is 105 Å². The molecule has 15 nitrogen and oxygen atoms in total. The van der Waals surface area contributed by atoms with Gasteiger partial charge in [-0.2, -0.15) is 13.2 Å². The number of halogens is 3. The Labute approximate surface area is 451 Å². The number of aryl methyl sites for hydroxylation is 2. The third-order valence-electron chi connectivity index (χ3n) is 14.6. The molecule has 2 aliphatic rings. The van der Waals surface area contributed by atoms with E-state index in [0.717, 1.165) is 85.2 Å². The van der Waals surface area contributed by atoms with Crippen LogP contribution in [0.4, 0.5) is 36.1 Å². The normalized spacial score (nSPS) is 17.2. The molecule has 0 unspecified atom stereocenters. The van der Waals surface area contributed by atoms with Gasteiger partial charge in [0.1, 0.15) is 17.6 Å². The molecule has 2 aromatic heterocycles. The highest BCUT2D eigenvalue weighted by molar-refractivity contribution is 6.00. The maximum absolute atomic E-state index is 14.3. The summed E-state index contributed by atoms with van der Waals surface area (Å²) in [5.41, 5.74) is 5.89. The van der Waals surface area contributed by atoms with Gasteiger partial charge in [0.05, 0.1) is 58.5 Å². The van der Waals surface area contributed by atoms with Crippen LogP contribution in [0, 0.1) is 19.3 Å². The number of carbonyl (C=O) groups excluding carboxylic acids is 3. The van der Waals surface area contributed by atoms with Crippen LogP contribution in [0.5, 0.6) is 5.75 Å². The number of hydrogen-bond acceptors (Lipinski definition) is 11. The molecular weight excluding hydrogens is 986 g/mol. The second-order valence-electron chi connectivity index (χ2n) is 21.9. The van der Waals surface area contributed by atoms with Crippen LogP contribution in [0.1, 0.15) is 137 Å². The Morgan fingerprint density at radius 2 is 1.61 bits per heavy atom. The lowest BCUT2D eigenvalue weighted by Crippen LogP contribution is -2.56. The van der Waals surface area contributed by atoms with Crippen molar-refractivity contribution in [3.8, 4) is 17.0 Å². The molecule has 0 radical (unpaired) electrons. The molecule has 2 fully saturated rings. The van der Waals surface area contributed by atoms with Gasteiger partial charge in [-0.1, -0.05) is 70.2 Å². The number of alkyl halides is 3. The van der Waals surface area contributed by atoms with Crippen LogP contribution >= 0.6 is 0 Å². The fourth-order valence-corrected chi connectivity index (χ4v) is 10.4. The molecule has 77 heavy (non-hydrogen) atoms. The topological polar surface area (TPSA) is 189 Å². The van der Waals surface area contributed by atoms with Crippen molar-refractivity contribution < 1.29 is 37.4 Å². The van der Waals surface area contributed by atoms with Crippen molar-refractivity contribution in [2.45, 2.75) is 143 Å². The van der Waals surface area contributed by atoms with Gasteiger partial charge in [0.2, 0.25) is 11.8 Å². The molecule has 4 heterocycles. The van der Waals surface area contributed by atoms with E-state index in [4.69, 9.17) is 4.74 Å². The molecule has 0 bridgehead atoms. The number of ether oxygens (including phenoxy) is 1. The predicted molar refractivity (Wildman–Crippen MR) is 296 cm³/mol. The number of benzene rings is 3. The lowest BCUT2D eigenvalue weighted by molar-refractivity contribution is -0.140. The van der Waals surface area contributed by atoms with Crippen LogP contribution in [0.3, 0.4) is 0 Å². The van der Waals surface area contributed by atoms with Crippen LogP contribution in [0.25, 0.3) is 11.3 Å². The number of amides is 3. The number of likely N-dealkylation sites (tertiary alicyclic amines) is 2. The molecule has 2 saturated heterocycles. The molecule has 0 aliphatic carbocycles. The molecule has 5 aromatic rings. The summed E-state index contributed by atoms with van der Waals surface area (Å²) in [6.07, 6.45) is 1.82. The molecular formula is C59H77F3N10O5. The average Bonchev–Trinajstić information content (AvgIpc) is 4.01. The van der Waals surface area contributed by atoms with Crippen LogP contribution < -0.4 is 31.3 Å². The molecule has 18 heteroatoms. The van der Waals surface area contributed by atoms with E-state index in [1.165, 1.54) is 19.2 Å². The Hall–Kier alpha value is -6.92. The van der Waals surface area contributed by atoms with Crippen molar-refractivity contribution in [2.75, 3.05) is 43.9 Å². The van der Waals surface area contributed by atoms with E-state index >= 15 is 0 Å². The van der Waals surface area contributed by atoms with Gasteiger partial charge in [-0.15, -0.1) is 0 Å². The molecule has 0 saturated carbocycles. The summed E-state index contributed by atoms with van der Waals surface area (Å²) in [5, 5.41) is 25.9. The first-order chi connectivity index (χ1) is 36.5. The third-order valence-corrected chi connectivity index (χ3v) is 14.6. The Bertz CT molecular complexity index is 2850. The summed E-state index contributed by atoms with van der Waals surface area (Å²) < 4.78 is 49.1. The number of aromatic nitrogens is 3. The quantitative estimate of drug-likeness (QED) is 0.0347. The zero-order chi connectivity index (χ0) is 55.8. The van der Waals surface area contributed by atoms with Gasteiger partial charge >= 0.3 is 6.18 Å². The molecule has 7 N–H and O–H groups in total. The van der Waals surface area contributed by atoms with Crippen LogP contribution in [0.15, 0.2) is 91.5 Å². The number of aliphatic hydroxyl groups is 1. The molecule has 7 rings (SSSR count). The second kappa shape index (κ2) is 25.0. The summed E-state index contributed by atoms with van der Waals surface area (Å²) >= 11 is 0. The SMILES string of the molecule is C=C(N[C@@H](C)c1ccc(-c2nc[nH]c2C)cc1)[C@@H]1C[C@@H](O)CN1C(=O)[C@@H](NC(=O)CCCCCN1CCC(c2cc(OC(C)C)c(Nc3cc(Nc4ccccc4C(=O)NC)c(C(F)(F)F)cn3)cc2C)CC1)C(C)(C)C. The number of piperidine rings is 1. The highest BCUT2D eigenvalue weighted by atomic mass is 19.4. The maximum atomic E-state index is 14.3. The molecule has 4 atom stereocenters. The molecule has 414 valence electrons. The van der Waals surface area contributed by atoms with Gasteiger partial charge < -0.3 is 51.2 Å². The predicted octanol–water partition coefficient (Wildman–Crippen LogP) is 10.8. The number of imidazole rings is 1. The minimum Gasteiger partial charge on any atom is -0.489 e. The number of para-hydroxylation sites is 1. The monoisotopic (exact) mass is 1060 g/mol. The van der Waals surface area contributed by atoms with Crippen molar-refractivity contribution in [3.63, 3.8) is 0 Å². The number of carbonyl (C=O) groups is 3. The van der Waals surface area contributed by atoms with Gasteiger partial charge in [-0.05, 0) is 132 Å². The molecule has 0 spiro atoms. The Morgan fingerprint density at radius 3 is 2.26 bits per heavy atom. The zero-order valence-corrected chi connectivity index (χ0v) is 46.0. The third kappa shape index (κ3) is 14.8. The first-order valence-corrected chi connectivity index (χ1v) is 26.8. The van der Waals surface area contributed by atoms with Crippen molar-refractivity contribution in [1.29, 1.82) is 0 Å². The molecule has 3 aromatic carbocycles. The summed E-state index contributed by atoms with van der Waals surface area (Å²) in [7, 11) is 1.46. The Balaban J connectivity index is 0.893. The molecule has 3 amide bonds. The van der Waals surface area contributed by atoms with Crippen LogP contribution in [-0.2, 0) is 15.8 Å². The number of hydrogen-bond donors (Lipinski definition) is 7. The Kier molecular flexibility index (Phi) is 18.8. The number of nitrogens with one attached hydrogen (secondary N) is 6. The average molecular weight is 1060 g/mol. The highest BCUT2D eigenvalue weighted by Crippen LogP contribution is 2.41. The number of β-amino-alcohol motifs (C(OH)–C–C–N with tert-alkyl or cyclic N) is 1. The number of pyridine rings is 1. The van der Waals surface area contributed by atoms with Crippen molar-refractivity contribution in [2.24, 2.45) is 5.41 Å². The lowest BCUT2D eigenvalue weighted by Gasteiger charge is -2.36. The smallest absolute Gasteiger partial charge is 0.419 e. The number of aliphatic hydroxyl groups excluding tert-OH is 1. The van der Waals surface area contributed by atoms with E-state index in [1.54, 1.807) is 29.4 Å². The summed E-state index contributed by atoms with van der Waals surface area (Å²) in [4.78, 5) is 56.2. The van der Waals surface area contributed by atoms with Gasteiger partial charge in [-0.3, -0.25) is 14.4 Å². The van der Waals surface area contributed by atoms with Crippen LogP contribution in [0.2, 0.25) is 0 Å². The van der Waals surface area contributed by atoms with Gasteiger partial charge in [0.25, 0.3) is 5.91 Å². The minimum absolute atomic E-state index is 0.116. The van der Waals surface area contributed by atoms with Crippen molar-refractivity contribution >= 4 is 40.6 Å². The number of unbranched alkanes of at least 4 members (excludes halogenated alkanes) is 2. The number of rotatable bonds is 21. The van der Waals surface area contributed by atoms with Gasteiger partial charge in [-0.25, -0.2) is 9.97 Å². The fourth-order valence-electron chi connectivity index (χ4n) is 10.4. The first-order valence-electron chi connectivity index (χ1n) is 26.8. The van der Waals surface area contributed by atoms with Crippen molar-refractivity contribution in [1.82, 2.24) is 40.7 Å². The van der Waals surface area contributed by atoms with E-state index in [2.05, 4.69) is 53.0 Å². The van der Waals surface area contributed by atoms with E-state index in [-0.39, 0.29) is 59.2 Å². The van der Waals surface area contributed by atoms with E-state index in [1.807, 2.05) is 91.8 Å². The Morgan fingerprint density at radius 1 is 0.896 bits per heavy atom. The molecule has 2 aliphatic heterocycles. The number of nitrogens with zero attached hydrogens (tertiary/aromatic N) is 4. The van der Waals surface area contributed by atoms with Gasteiger partial charge in [0.15, 0.2) is 0 Å². The standard InChI is InChI=1S/C59H77F3N10O5/c1-35(2)77-51-30-45(36(3)28-49(51)69-52-31-48(46(32-64-52)59(60,61)62)68-47-17-14-13-16-44(47)56(75)63-10)41-23-26-71(27-24-41)25-15-11-12-18-53(74)70-55(58(7,8)9)57(76)72-33-43(73)29-50(72)38(5)67-37(4)40-19-21-42(22-20-40)54-39(6)65-34-66-54/h13-14,16-17,19-22,28,30-32,34-35,37,41,43,50,55,67,73H,5,11-12,15,18,23-27,29,33H2,1-4,6-10H3,(H,63,75)(H,65,66)(H,70,74)(H2,64,68,69)/t37-,43+,50-,55+/m0/s1. The maximum Gasteiger partial charge on any atom is 0.419 e.